The summed E-state index contributed by atoms with van der Waals surface area (Å²) in [6.45, 7) is 11.8. The summed E-state index contributed by atoms with van der Waals surface area (Å²) in [7, 11) is 3.52. The average molecular weight is 559 g/mol. The summed E-state index contributed by atoms with van der Waals surface area (Å²) in [6, 6.07) is 8.23. The molecule has 0 atom stereocenters. The normalized spacial score (nSPS) is 18.2. The number of halogens is 1. The number of benzene rings is 1. The number of nitrogens with one attached hydrogen (secondary N) is 1. The third kappa shape index (κ3) is 7.21. The van der Waals surface area contributed by atoms with Gasteiger partial charge in [-0.3, -0.25) is 14.7 Å². The number of hydrogen-bond donors (Lipinski definition) is 1. The third-order valence-electron chi connectivity index (χ3n) is 6.15. The van der Waals surface area contributed by atoms with Gasteiger partial charge in [-0.05, 0) is 17.7 Å². The van der Waals surface area contributed by atoms with Crippen molar-refractivity contribution in [2.24, 2.45) is 4.99 Å². The Labute approximate surface area is 209 Å². The highest BCUT2D eigenvalue weighted by atomic mass is 127. The topological polar surface area (TPSA) is 69.6 Å². The molecule has 2 aliphatic heterocycles. The van der Waals surface area contributed by atoms with E-state index < -0.39 is 0 Å². The summed E-state index contributed by atoms with van der Waals surface area (Å²) in [5, 5.41) is 3.55. The molecule has 1 amide bonds. The maximum atomic E-state index is 12.5. The first-order valence-corrected chi connectivity index (χ1v) is 11.1. The van der Waals surface area contributed by atoms with Crippen molar-refractivity contribution in [2.75, 3.05) is 79.7 Å². The fourth-order valence-corrected chi connectivity index (χ4v) is 4.00. The van der Waals surface area contributed by atoms with Crippen molar-refractivity contribution < 1.29 is 14.3 Å². The van der Waals surface area contributed by atoms with Crippen LogP contribution in [0.2, 0.25) is 0 Å². The molecular formula is C23H38IN5O3. The SMILES string of the molecule is CN=C(NCC(C)(C)c1cccc(OC)c1)N1CCN(CC(=O)N2CCOCC2)CC1.I. The molecule has 1 N–H and O–H groups in total. The second kappa shape index (κ2) is 12.6. The molecule has 2 saturated heterocycles. The minimum atomic E-state index is -0.0725. The van der Waals surface area contributed by atoms with Crippen LogP contribution in [-0.2, 0) is 14.9 Å². The van der Waals surface area contributed by atoms with Gasteiger partial charge in [0.15, 0.2) is 5.96 Å². The number of ether oxygens (including phenoxy) is 2. The second-order valence-corrected chi connectivity index (χ2v) is 8.77. The van der Waals surface area contributed by atoms with E-state index in [1.807, 2.05) is 24.1 Å². The summed E-state index contributed by atoms with van der Waals surface area (Å²) < 4.78 is 10.7. The van der Waals surface area contributed by atoms with Crippen molar-refractivity contribution in [1.82, 2.24) is 20.0 Å². The largest absolute Gasteiger partial charge is 0.497 e. The molecule has 2 heterocycles. The number of methoxy groups -OCH3 is 1. The first-order valence-electron chi connectivity index (χ1n) is 11.1. The molecule has 32 heavy (non-hydrogen) atoms. The van der Waals surface area contributed by atoms with E-state index in [0.29, 0.717) is 32.8 Å². The van der Waals surface area contributed by atoms with E-state index in [0.717, 1.165) is 44.4 Å². The zero-order valence-electron chi connectivity index (χ0n) is 19.8. The van der Waals surface area contributed by atoms with Crippen LogP contribution in [0.25, 0.3) is 0 Å². The predicted octanol–water partition coefficient (Wildman–Crippen LogP) is 1.64. The van der Waals surface area contributed by atoms with Crippen LogP contribution in [0.3, 0.4) is 0 Å². The van der Waals surface area contributed by atoms with Gasteiger partial charge < -0.3 is 24.6 Å². The van der Waals surface area contributed by atoms with Crippen LogP contribution >= 0.6 is 24.0 Å². The highest BCUT2D eigenvalue weighted by molar-refractivity contribution is 14.0. The first-order chi connectivity index (χ1) is 14.9. The fourth-order valence-electron chi connectivity index (χ4n) is 4.00. The number of hydrogen-bond acceptors (Lipinski definition) is 5. The number of morpholine rings is 1. The van der Waals surface area contributed by atoms with Crippen LogP contribution in [-0.4, -0.2) is 106 Å². The Morgan fingerprint density at radius 1 is 1.12 bits per heavy atom. The zero-order valence-corrected chi connectivity index (χ0v) is 22.1. The fraction of sp³-hybridized carbons (Fsp3) is 0.652. The standard InChI is InChI=1S/C23H37N5O3.HI/c1-23(2,19-6-5-7-20(16-19)30-4)18-25-22(24-3)28-10-8-26(9-11-28)17-21(29)27-12-14-31-15-13-27;/h5-7,16H,8-15,17-18H2,1-4H3,(H,24,25);1H. The van der Waals surface area contributed by atoms with Crippen LogP contribution in [0.15, 0.2) is 29.3 Å². The van der Waals surface area contributed by atoms with Crippen molar-refractivity contribution in [3.8, 4) is 5.75 Å². The minimum Gasteiger partial charge on any atom is -0.497 e. The van der Waals surface area contributed by atoms with Crippen molar-refractivity contribution in [3.63, 3.8) is 0 Å². The Hall–Kier alpha value is -1.59. The summed E-state index contributed by atoms with van der Waals surface area (Å²) in [4.78, 5) is 23.4. The van der Waals surface area contributed by atoms with E-state index in [4.69, 9.17) is 9.47 Å². The lowest BCUT2D eigenvalue weighted by atomic mass is 9.84. The Morgan fingerprint density at radius 2 is 1.81 bits per heavy atom. The number of piperazine rings is 1. The lowest BCUT2D eigenvalue weighted by Gasteiger charge is -2.38. The number of guanidine groups is 1. The van der Waals surface area contributed by atoms with E-state index in [1.54, 1.807) is 7.11 Å². The predicted molar refractivity (Wildman–Crippen MR) is 138 cm³/mol. The number of rotatable bonds is 6. The molecule has 0 spiro atoms. The van der Waals surface area contributed by atoms with Gasteiger partial charge >= 0.3 is 0 Å². The molecule has 2 aliphatic rings. The third-order valence-corrected chi connectivity index (χ3v) is 6.15. The second-order valence-electron chi connectivity index (χ2n) is 8.77. The van der Waals surface area contributed by atoms with E-state index in [9.17, 15) is 4.79 Å². The molecule has 0 radical (unpaired) electrons. The lowest BCUT2D eigenvalue weighted by molar-refractivity contribution is -0.136. The quantitative estimate of drug-likeness (QED) is 0.325. The van der Waals surface area contributed by atoms with Crippen molar-refractivity contribution in [1.29, 1.82) is 0 Å². The van der Waals surface area contributed by atoms with Gasteiger partial charge in [0, 0.05) is 58.3 Å². The summed E-state index contributed by atoms with van der Waals surface area (Å²) >= 11 is 0. The number of nitrogens with zero attached hydrogens (tertiary/aromatic N) is 4. The number of aliphatic imine (C=N–C) groups is 1. The molecule has 8 nitrogen and oxygen atoms in total. The molecule has 1 aromatic rings. The minimum absolute atomic E-state index is 0. The van der Waals surface area contributed by atoms with Crippen LogP contribution in [0, 0.1) is 0 Å². The van der Waals surface area contributed by atoms with Gasteiger partial charge in [-0.25, -0.2) is 0 Å². The van der Waals surface area contributed by atoms with E-state index in [1.165, 1.54) is 5.56 Å². The highest BCUT2D eigenvalue weighted by Crippen LogP contribution is 2.25. The number of carbonyl (C=O) groups excluding carboxylic acids is 1. The molecule has 0 saturated carbocycles. The van der Waals surface area contributed by atoms with Gasteiger partial charge in [-0.2, -0.15) is 0 Å². The molecule has 9 heteroatoms. The summed E-state index contributed by atoms with van der Waals surface area (Å²) in [5.41, 5.74) is 1.15. The van der Waals surface area contributed by atoms with Crippen LogP contribution in [0.5, 0.6) is 5.75 Å². The first kappa shape index (κ1) is 26.7. The molecule has 0 bridgehead atoms. The molecule has 180 valence electrons. The molecule has 2 fully saturated rings. The molecule has 3 rings (SSSR count). The Balaban J connectivity index is 0.00000363. The lowest BCUT2D eigenvalue weighted by Crippen LogP contribution is -2.55. The van der Waals surface area contributed by atoms with E-state index in [-0.39, 0.29) is 35.3 Å². The van der Waals surface area contributed by atoms with Crippen molar-refractivity contribution in [2.45, 2.75) is 19.3 Å². The van der Waals surface area contributed by atoms with Gasteiger partial charge in [0.25, 0.3) is 0 Å². The zero-order chi connectivity index (χ0) is 22.3. The van der Waals surface area contributed by atoms with Crippen LogP contribution in [0.4, 0.5) is 0 Å². The Bertz CT molecular complexity index is 760. The van der Waals surface area contributed by atoms with Crippen molar-refractivity contribution >= 4 is 35.8 Å². The molecule has 0 aromatic heterocycles. The van der Waals surface area contributed by atoms with Gasteiger partial charge in [0.2, 0.25) is 5.91 Å². The van der Waals surface area contributed by atoms with Gasteiger partial charge in [0.05, 0.1) is 26.9 Å². The summed E-state index contributed by atoms with van der Waals surface area (Å²) in [6.07, 6.45) is 0. The molecule has 1 aromatic carbocycles. The monoisotopic (exact) mass is 559 g/mol. The highest BCUT2D eigenvalue weighted by Gasteiger charge is 2.26. The van der Waals surface area contributed by atoms with E-state index >= 15 is 0 Å². The van der Waals surface area contributed by atoms with Crippen LogP contribution < -0.4 is 10.1 Å². The number of carbonyl (C=O) groups is 1. The van der Waals surface area contributed by atoms with Gasteiger partial charge in [-0.15, -0.1) is 24.0 Å². The average Bonchev–Trinajstić information content (AvgIpc) is 2.81. The van der Waals surface area contributed by atoms with E-state index in [2.05, 4.69) is 46.1 Å². The molecular weight excluding hydrogens is 521 g/mol. The van der Waals surface area contributed by atoms with Crippen LogP contribution in [0.1, 0.15) is 19.4 Å². The maximum Gasteiger partial charge on any atom is 0.236 e. The Kier molecular flexibility index (Phi) is 10.5. The molecule has 0 unspecified atom stereocenters. The summed E-state index contributed by atoms with van der Waals surface area (Å²) in [5.74, 6) is 1.99. The smallest absolute Gasteiger partial charge is 0.236 e. The Morgan fingerprint density at radius 3 is 2.44 bits per heavy atom. The number of amides is 1. The van der Waals surface area contributed by atoms with Gasteiger partial charge in [0.1, 0.15) is 5.75 Å². The van der Waals surface area contributed by atoms with Gasteiger partial charge in [-0.1, -0.05) is 26.0 Å². The molecule has 0 aliphatic carbocycles. The maximum absolute atomic E-state index is 12.5. The van der Waals surface area contributed by atoms with Crippen molar-refractivity contribution in [3.05, 3.63) is 29.8 Å².